The molecule has 1 atom stereocenters. The molecule has 0 spiro atoms. The molecule has 1 fully saturated rings. The maximum absolute atomic E-state index is 12.3. The SMILES string of the molecule is CCC(CC)C(=O)N1CCOC(CN(C)CC(=O)O)C1. The Kier molecular flexibility index (Phi) is 6.95. The summed E-state index contributed by atoms with van der Waals surface area (Å²) in [5.41, 5.74) is 0. The van der Waals surface area contributed by atoms with Gasteiger partial charge in [0.25, 0.3) is 0 Å². The molecule has 0 saturated carbocycles. The highest BCUT2D eigenvalue weighted by Gasteiger charge is 2.28. The number of morpholine rings is 1. The van der Waals surface area contributed by atoms with E-state index in [0.29, 0.717) is 26.2 Å². The summed E-state index contributed by atoms with van der Waals surface area (Å²) in [6, 6.07) is 0. The zero-order chi connectivity index (χ0) is 15.1. The smallest absolute Gasteiger partial charge is 0.317 e. The van der Waals surface area contributed by atoms with E-state index in [-0.39, 0.29) is 24.5 Å². The first-order valence-electron chi connectivity index (χ1n) is 7.28. The second-order valence-corrected chi connectivity index (χ2v) is 5.38. The number of carboxylic acids is 1. The van der Waals surface area contributed by atoms with E-state index in [4.69, 9.17) is 9.84 Å². The molecule has 0 aromatic carbocycles. The van der Waals surface area contributed by atoms with Gasteiger partial charge in [-0.2, -0.15) is 0 Å². The lowest BCUT2D eigenvalue weighted by Gasteiger charge is -2.36. The number of rotatable bonds is 7. The van der Waals surface area contributed by atoms with Crippen LogP contribution in [0.15, 0.2) is 0 Å². The van der Waals surface area contributed by atoms with Crippen LogP contribution in [0.5, 0.6) is 0 Å². The number of carbonyl (C=O) groups excluding carboxylic acids is 1. The molecule has 20 heavy (non-hydrogen) atoms. The number of amides is 1. The van der Waals surface area contributed by atoms with Gasteiger partial charge in [-0.15, -0.1) is 0 Å². The molecule has 116 valence electrons. The van der Waals surface area contributed by atoms with Crippen LogP contribution in [-0.2, 0) is 14.3 Å². The molecule has 1 aliphatic rings. The lowest BCUT2D eigenvalue weighted by Crippen LogP contribution is -2.51. The number of likely N-dealkylation sites (N-methyl/N-ethyl adjacent to an activating group) is 1. The van der Waals surface area contributed by atoms with Crippen molar-refractivity contribution >= 4 is 11.9 Å². The van der Waals surface area contributed by atoms with Gasteiger partial charge in [-0.3, -0.25) is 14.5 Å². The number of hydrogen-bond acceptors (Lipinski definition) is 4. The predicted octanol–water partition coefficient (Wildman–Crippen LogP) is 0.666. The zero-order valence-corrected chi connectivity index (χ0v) is 12.7. The number of ether oxygens (including phenoxy) is 1. The highest BCUT2D eigenvalue weighted by molar-refractivity contribution is 5.78. The van der Waals surface area contributed by atoms with E-state index in [1.807, 2.05) is 18.7 Å². The Bertz CT molecular complexity index is 331. The molecular weight excluding hydrogens is 260 g/mol. The molecule has 0 aromatic rings. The summed E-state index contributed by atoms with van der Waals surface area (Å²) >= 11 is 0. The number of carbonyl (C=O) groups is 2. The van der Waals surface area contributed by atoms with E-state index in [1.54, 1.807) is 11.9 Å². The van der Waals surface area contributed by atoms with Gasteiger partial charge in [0.05, 0.1) is 19.3 Å². The second-order valence-electron chi connectivity index (χ2n) is 5.38. The molecule has 1 amide bonds. The fourth-order valence-electron chi connectivity index (χ4n) is 2.57. The molecule has 1 saturated heterocycles. The molecule has 6 heteroatoms. The van der Waals surface area contributed by atoms with Crippen molar-refractivity contribution in [2.45, 2.75) is 32.8 Å². The van der Waals surface area contributed by atoms with Crippen molar-refractivity contribution in [1.82, 2.24) is 9.80 Å². The molecule has 0 aliphatic carbocycles. The standard InChI is InChI=1S/C14H26N2O4/c1-4-11(5-2)14(19)16-6-7-20-12(9-16)8-15(3)10-13(17)18/h11-12H,4-10H2,1-3H3,(H,17,18). The molecule has 1 heterocycles. The first-order valence-corrected chi connectivity index (χ1v) is 7.28. The topological polar surface area (TPSA) is 70.1 Å². The normalized spacial score (nSPS) is 19.6. The van der Waals surface area contributed by atoms with Gasteiger partial charge in [-0.25, -0.2) is 0 Å². The van der Waals surface area contributed by atoms with Crippen molar-refractivity contribution in [3.05, 3.63) is 0 Å². The molecule has 1 unspecified atom stereocenters. The minimum atomic E-state index is -0.853. The van der Waals surface area contributed by atoms with E-state index in [9.17, 15) is 9.59 Å². The van der Waals surface area contributed by atoms with Gasteiger partial charge in [0.1, 0.15) is 0 Å². The third-order valence-electron chi connectivity index (χ3n) is 3.71. The van der Waals surface area contributed by atoms with Gasteiger partial charge in [-0.1, -0.05) is 13.8 Å². The molecule has 1 rings (SSSR count). The summed E-state index contributed by atoms with van der Waals surface area (Å²) < 4.78 is 5.63. The quantitative estimate of drug-likeness (QED) is 0.745. The first kappa shape index (κ1) is 16.9. The number of carboxylic acid groups (broad SMARTS) is 1. The summed E-state index contributed by atoms with van der Waals surface area (Å²) in [4.78, 5) is 26.5. The summed E-state index contributed by atoms with van der Waals surface area (Å²) in [5, 5.41) is 8.74. The molecule has 0 radical (unpaired) electrons. The van der Waals surface area contributed by atoms with Crippen molar-refractivity contribution in [2.24, 2.45) is 5.92 Å². The van der Waals surface area contributed by atoms with Crippen LogP contribution in [0.1, 0.15) is 26.7 Å². The monoisotopic (exact) mass is 286 g/mol. The third kappa shape index (κ3) is 5.09. The molecule has 0 aromatic heterocycles. The minimum Gasteiger partial charge on any atom is -0.480 e. The van der Waals surface area contributed by atoms with Crippen LogP contribution >= 0.6 is 0 Å². The summed E-state index contributed by atoms with van der Waals surface area (Å²) in [6.07, 6.45) is 1.61. The van der Waals surface area contributed by atoms with Gasteiger partial charge >= 0.3 is 5.97 Å². The second kappa shape index (κ2) is 8.21. The Morgan fingerprint density at radius 1 is 1.40 bits per heavy atom. The first-order chi connectivity index (χ1) is 9.47. The molecular formula is C14H26N2O4. The Hall–Kier alpha value is -1.14. The Morgan fingerprint density at radius 3 is 2.60 bits per heavy atom. The number of nitrogens with zero attached hydrogens (tertiary/aromatic N) is 2. The third-order valence-corrected chi connectivity index (χ3v) is 3.71. The largest absolute Gasteiger partial charge is 0.480 e. The van der Waals surface area contributed by atoms with Gasteiger partial charge in [0.15, 0.2) is 0 Å². The van der Waals surface area contributed by atoms with Crippen molar-refractivity contribution in [2.75, 3.05) is 39.8 Å². The van der Waals surface area contributed by atoms with E-state index >= 15 is 0 Å². The number of hydrogen-bond donors (Lipinski definition) is 1. The van der Waals surface area contributed by atoms with Crippen molar-refractivity contribution in [3.63, 3.8) is 0 Å². The van der Waals surface area contributed by atoms with Crippen LogP contribution in [0.4, 0.5) is 0 Å². The van der Waals surface area contributed by atoms with Crippen LogP contribution in [0.3, 0.4) is 0 Å². The maximum Gasteiger partial charge on any atom is 0.317 e. The molecule has 6 nitrogen and oxygen atoms in total. The van der Waals surface area contributed by atoms with Crippen molar-refractivity contribution in [3.8, 4) is 0 Å². The minimum absolute atomic E-state index is 0.0135. The average molecular weight is 286 g/mol. The highest BCUT2D eigenvalue weighted by Crippen LogP contribution is 2.15. The number of aliphatic carboxylic acids is 1. The van der Waals surface area contributed by atoms with Gasteiger partial charge < -0.3 is 14.7 Å². The van der Waals surface area contributed by atoms with Crippen LogP contribution in [0, 0.1) is 5.92 Å². The average Bonchev–Trinajstić information content (AvgIpc) is 2.39. The lowest BCUT2D eigenvalue weighted by molar-refractivity contribution is -0.145. The maximum atomic E-state index is 12.3. The van der Waals surface area contributed by atoms with Gasteiger partial charge in [-0.05, 0) is 19.9 Å². The van der Waals surface area contributed by atoms with Crippen molar-refractivity contribution < 1.29 is 19.4 Å². The van der Waals surface area contributed by atoms with E-state index < -0.39 is 5.97 Å². The highest BCUT2D eigenvalue weighted by atomic mass is 16.5. The van der Waals surface area contributed by atoms with Gasteiger partial charge in [0, 0.05) is 25.6 Å². The van der Waals surface area contributed by atoms with Crippen LogP contribution in [0.25, 0.3) is 0 Å². The van der Waals surface area contributed by atoms with Crippen LogP contribution in [-0.4, -0.2) is 72.7 Å². The summed E-state index contributed by atoms with van der Waals surface area (Å²) in [6.45, 7) is 6.29. The lowest BCUT2D eigenvalue weighted by atomic mass is 10.0. The molecule has 1 aliphatic heterocycles. The summed E-state index contributed by atoms with van der Waals surface area (Å²) in [7, 11) is 1.75. The van der Waals surface area contributed by atoms with Crippen LogP contribution < -0.4 is 0 Å². The van der Waals surface area contributed by atoms with Crippen LogP contribution in [0.2, 0.25) is 0 Å². The van der Waals surface area contributed by atoms with E-state index in [2.05, 4.69) is 0 Å². The summed E-state index contributed by atoms with van der Waals surface area (Å²) in [5.74, 6) is -0.567. The Labute approximate surface area is 120 Å². The molecule has 0 bridgehead atoms. The van der Waals surface area contributed by atoms with E-state index in [1.165, 1.54) is 0 Å². The van der Waals surface area contributed by atoms with E-state index in [0.717, 1.165) is 12.8 Å². The fraction of sp³-hybridized carbons (Fsp3) is 0.857. The Morgan fingerprint density at radius 2 is 2.05 bits per heavy atom. The van der Waals surface area contributed by atoms with Crippen molar-refractivity contribution in [1.29, 1.82) is 0 Å². The molecule has 1 N–H and O–H groups in total. The fourth-order valence-corrected chi connectivity index (χ4v) is 2.57. The Balaban J connectivity index is 2.49. The van der Waals surface area contributed by atoms with Gasteiger partial charge in [0.2, 0.25) is 5.91 Å². The zero-order valence-electron chi connectivity index (χ0n) is 12.7. The predicted molar refractivity (Wildman–Crippen MR) is 75.5 cm³/mol.